The number of halogens is 3. The van der Waals surface area contributed by atoms with Gasteiger partial charge in [0.2, 0.25) is 0 Å². The van der Waals surface area contributed by atoms with Gasteiger partial charge in [-0.15, -0.1) is 11.3 Å². The lowest BCUT2D eigenvalue weighted by molar-refractivity contribution is 0.630. The Morgan fingerprint density at radius 1 is 1.16 bits per heavy atom. The molecular weight excluding hydrogens is 306 g/mol. The first kappa shape index (κ1) is 12.8. The Bertz CT molecular complexity index is 786. The fourth-order valence-corrected chi connectivity index (χ4v) is 3.13. The zero-order valence-electron chi connectivity index (χ0n) is 9.75. The summed E-state index contributed by atoms with van der Waals surface area (Å²) in [5.41, 5.74) is 0.252. The van der Waals surface area contributed by atoms with Gasteiger partial charge in [-0.1, -0.05) is 23.2 Å². The minimum Gasteiger partial charge on any atom is -0.217 e. The Kier molecular flexibility index (Phi) is 3.17. The number of fused-ring (bicyclic) bond motifs is 1. The van der Waals surface area contributed by atoms with Crippen LogP contribution in [0.1, 0.15) is 4.88 Å². The third kappa shape index (κ3) is 2.31. The molecule has 0 radical (unpaired) electrons. The zero-order valence-corrected chi connectivity index (χ0v) is 12.1. The number of hydrogen-bond acceptors (Lipinski definition) is 3. The first-order valence-electron chi connectivity index (χ1n) is 5.44. The normalized spacial score (nSPS) is 11.2. The number of thiophene rings is 1. The van der Waals surface area contributed by atoms with Crippen molar-refractivity contribution < 1.29 is 4.39 Å². The van der Waals surface area contributed by atoms with E-state index in [1.807, 2.05) is 13.0 Å². The van der Waals surface area contributed by atoms with Crippen molar-refractivity contribution in [1.82, 2.24) is 9.97 Å². The minimum atomic E-state index is -0.423. The number of aryl methyl sites for hydroxylation is 1. The fourth-order valence-electron chi connectivity index (χ4n) is 1.80. The van der Waals surface area contributed by atoms with Crippen molar-refractivity contribution in [3.8, 4) is 11.4 Å². The van der Waals surface area contributed by atoms with Crippen LogP contribution in [0.2, 0.25) is 10.2 Å². The molecule has 0 spiro atoms. The molecule has 3 aromatic rings. The van der Waals surface area contributed by atoms with Gasteiger partial charge in [0.15, 0.2) is 5.82 Å². The van der Waals surface area contributed by atoms with Crippen LogP contribution in [0.5, 0.6) is 0 Å². The molecule has 19 heavy (non-hydrogen) atoms. The summed E-state index contributed by atoms with van der Waals surface area (Å²) in [4.78, 5) is 10.3. The van der Waals surface area contributed by atoms with Crippen LogP contribution in [0, 0.1) is 12.7 Å². The summed E-state index contributed by atoms with van der Waals surface area (Å²) < 4.78 is 13.8. The van der Waals surface area contributed by atoms with Crippen molar-refractivity contribution in [2.24, 2.45) is 0 Å². The molecule has 0 aliphatic heterocycles. The van der Waals surface area contributed by atoms with Crippen LogP contribution >= 0.6 is 34.5 Å². The molecule has 96 valence electrons. The SMILES string of the molecule is Cc1cc2c(Cl)nc(-c3cc(Cl)ccc3F)nc2s1. The van der Waals surface area contributed by atoms with Crippen molar-refractivity contribution in [3.05, 3.63) is 45.1 Å². The molecule has 0 aliphatic rings. The van der Waals surface area contributed by atoms with E-state index in [2.05, 4.69) is 9.97 Å². The van der Waals surface area contributed by atoms with Crippen molar-refractivity contribution in [2.45, 2.75) is 6.92 Å². The molecule has 2 nitrogen and oxygen atoms in total. The van der Waals surface area contributed by atoms with E-state index in [0.717, 1.165) is 15.1 Å². The Morgan fingerprint density at radius 2 is 1.95 bits per heavy atom. The highest BCUT2D eigenvalue weighted by Gasteiger charge is 2.13. The monoisotopic (exact) mass is 312 g/mol. The second-order valence-corrected chi connectivity index (χ2v) is 6.07. The molecule has 0 saturated carbocycles. The van der Waals surface area contributed by atoms with Gasteiger partial charge in [-0.05, 0) is 31.2 Å². The van der Waals surface area contributed by atoms with Gasteiger partial charge < -0.3 is 0 Å². The van der Waals surface area contributed by atoms with Crippen LogP contribution in [0.3, 0.4) is 0 Å². The summed E-state index contributed by atoms with van der Waals surface area (Å²) in [6, 6.07) is 6.18. The third-order valence-corrected chi connectivity index (χ3v) is 4.11. The Morgan fingerprint density at radius 3 is 2.74 bits per heavy atom. The van der Waals surface area contributed by atoms with E-state index in [1.165, 1.54) is 29.5 Å². The lowest BCUT2D eigenvalue weighted by Crippen LogP contribution is -1.92. The number of rotatable bonds is 1. The summed E-state index contributed by atoms with van der Waals surface area (Å²) in [5.74, 6) is -0.174. The molecule has 0 unspecified atom stereocenters. The highest BCUT2D eigenvalue weighted by Crippen LogP contribution is 2.32. The van der Waals surface area contributed by atoms with E-state index in [9.17, 15) is 4.39 Å². The van der Waals surface area contributed by atoms with Crippen molar-refractivity contribution in [3.63, 3.8) is 0 Å². The first-order chi connectivity index (χ1) is 9.04. The van der Waals surface area contributed by atoms with Crippen molar-refractivity contribution in [2.75, 3.05) is 0 Å². The number of nitrogens with zero attached hydrogens (tertiary/aromatic N) is 2. The van der Waals surface area contributed by atoms with Gasteiger partial charge in [-0.25, -0.2) is 14.4 Å². The maximum Gasteiger partial charge on any atom is 0.165 e. The molecule has 0 fully saturated rings. The van der Waals surface area contributed by atoms with E-state index in [1.54, 1.807) is 0 Å². The largest absolute Gasteiger partial charge is 0.217 e. The third-order valence-electron chi connectivity index (χ3n) is 2.64. The van der Waals surface area contributed by atoms with E-state index in [0.29, 0.717) is 10.2 Å². The molecule has 3 rings (SSSR count). The second-order valence-electron chi connectivity index (χ2n) is 4.04. The van der Waals surface area contributed by atoms with Gasteiger partial charge in [-0.3, -0.25) is 0 Å². The lowest BCUT2D eigenvalue weighted by Gasteiger charge is -2.03. The van der Waals surface area contributed by atoms with E-state index < -0.39 is 5.82 Å². The zero-order chi connectivity index (χ0) is 13.6. The van der Waals surface area contributed by atoms with Gasteiger partial charge in [-0.2, -0.15) is 0 Å². The predicted molar refractivity (Wildman–Crippen MR) is 77.6 cm³/mol. The quantitative estimate of drug-likeness (QED) is 0.583. The first-order valence-corrected chi connectivity index (χ1v) is 7.01. The molecule has 0 N–H and O–H groups in total. The molecule has 1 aromatic carbocycles. The molecule has 0 amide bonds. The molecule has 6 heteroatoms. The van der Waals surface area contributed by atoms with Gasteiger partial charge in [0.05, 0.1) is 5.56 Å². The molecule has 2 heterocycles. The summed E-state index contributed by atoms with van der Waals surface area (Å²) in [5, 5.41) is 1.54. The average Bonchev–Trinajstić information content (AvgIpc) is 2.73. The van der Waals surface area contributed by atoms with Gasteiger partial charge in [0, 0.05) is 15.3 Å². The lowest BCUT2D eigenvalue weighted by atomic mass is 10.2. The summed E-state index contributed by atoms with van der Waals surface area (Å²) in [7, 11) is 0. The van der Waals surface area contributed by atoms with Crippen LogP contribution in [-0.4, -0.2) is 9.97 Å². The van der Waals surface area contributed by atoms with Crippen LogP contribution in [0.25, 0.3) is 21.6 Å². The topological polar surface area (TPSA) is 25.8 Å². The minimum absolute atomic E-state index is 0.249. The molecule has 0 aliphatic carbocycles. The molecule has 0 bridgehead atoms. The highest BCUT2D eigenvalue weighted by molar-refractivity contribution is 7.18. The Hall–Kier alpha value is -1.23. The van der Waals surface area contributed by atoms with E-state index >= 15 is 0 Å². The fraction of sp³-hybridized carbons (Fsp3) is 0.0769. The van der Waals surface area contributed by atoms with Crippen LogP contribution in [0.15, 0.2) is 24.3 Å². The second kappa shape index (κ2) is 4.71. The van der Waals surface area contributed by atoms with Crippen molar-refractivity contribution in [1.29, 1.82) is 0 Å². The van der Waals surface area contributed by atoms with E-state index in [-0.39, 0.29) is 11.4 Å². The highest BCUT2D eigenvalue weighted by atomic mass is 35.5. The van der Waals surface area contributed by atoms with Gasteiger partial charge >= 0.3 is 0 Å². The smallest absolute Gasteiger partial charge is 0.165 e. The number of benzene rings is 1. The average molecular weight is 313 g/mol. The van der Waals surface area contributed by atoms with Crippen LogP contribution in [0.4, 0.5) is 4.39 Å². The number of hydrogen-bond donors (Lipinski definition) is 0. The molecule has 0 atom stereocenters. The summed E-state index contributed by atoms with van der Waals surface area (Å²) in [6.07, 6.45) is 0. The van der Waals surface area contributed by atoms with Gasteiger partial charge in [0.25, 0.3) is 0 Å². The number of aromatic nitrogens is 2. The standard InChI is InChI=1S/C13H7Cl2FN2S/c1-6-4-9-11(15)17-12(18-13(9)19-6)8-5-7(14)2-3-10(8)16/h2-5H,1H3. The maximum atomic E-state index is 13.8. The van der Waals surface area contributed by atoms with Crippen LogP contribution < -0.4 is 0 Å². The summed E-state index contributed by atoms with van der Waals surface area (Å²) >= 11 is 13.5. The predicted octanol–water partition coefficient (Wildman–Crippen LogP) is 5.11. The summed E-state index contributed by atoms with van der Waals surface area (Å²) in [6.45, 7) is 1.96. The Balaban J connectivity index is 2.27. The van der Waals surface area contributed by atoms with E-state index in [4.69, 9.17) is 23.2 Å². The van der Waals surface area contributed by atoms with Crippen LogP contribution in [-0.2, 0) is 0 Å². The maximum absolute atomic E-state index is 13.8. The van der Waals surface area contributed by atoms with Crippen molar-refractivity contribution >= 4 is 44.8 Å². The molecule has 2 aromatic heterocycles. The molecule has 0 saturated heterocycles. The molecular formula is C13H7Cl2FN2S. The Labute approximate surface area is 122 Å². The van der Waals surface area contributed by atoms with Gasteiger partial charge in [0.1, 0.15) is 15.8 Å².